The minimum Gasteiger partial charge on any atom is -0.508 e. The number of benzene rings is 2. The third kappa shape index (κ3) is 22.2. The molecule has 0 aliphatic heterocycles. The van der Waals surface area contributed by atoms with Gasteiger partial charge in [0.05, 0.1) is 17.2 Å². The molecule has 0 bridgehead atoms. The van der Waals surface area contributed by atoms with Crippen LogP contribution in [0.4, 0.5) is 5.69 Å². The SMILES string of the molecule is CCCCCCCCCCCCCCCCCCCCCCCCCCCCOS(=O)(=O)c1ccc(N=Cc2ccc(O)cc2)cc1. The molecule has 0 heterocycles. The number of phenolic OH excluding ortho intramolecular Hbond substituents is 1. The van der Waals surface area contributed by atoms with Crippen molar-refractivity contribution in [3.63, 3.8) is 0 Å². The summed E-state index contributed by atoms with van der Waals surface area (Å²) in [5.74, 6) is 0.202. The van der Waals surface area contributed by atoms with Crippen LogP contribution in [0.2, 0.25) is 0 Å². The minimum absolute atomic E-state index is 0.149. The molecule has 266 valence electrons. The summed E-state index contributed by atoms with van der Waals surface area (Å²) in [4.78, 5) is 4.50. The lowest BCUT2D eigenvalue weighted by molar-refractivity contribution is 0.306. The lowest BCUT2D eigenvalue weighted by Crippen LogP contribution is -2.07. The van der Waals surface area contributed by atoms with Gasteiger partial charge in [0.1, 0.15) is 5.75 Å². The normalized spacial score (nSPS) is 11.9. The Bertz CT molecular complexity index is 1130. The Hall–Kier alpha value is -2.18. The third-order valence-corrected chi connectivity index (χ3v) is 10.4. The van der Waals surface area contributed by atoms with Gasteiger partial charge in [-0.15, -0.1) is 0 Å². The van der Waals surface area contributed by atoms with Crippen LogP contribution in [0.15, 0.2) is 58.4 Å². The fraction of sp³-hybridized carbons (Fsp3) is 0.683. The molecular formula is C41H67NO4S. The molecule has 1 N–H and O–H groups in total. The van der Waals surface area contributed by atoms with E-state index in [-0.39, 0.29) is 17.3 Å². The Morgan fingerprint density at radius 2 is 0.894 bits per heavy atom. The van der Waals surface area contributed by atoms with Crippen molar-refractivity contribution >= 4 is 22.0 Å². The molecule has 0 spiro atoms. The number of hydrogen-bond donors (Lipinski definition) is 1. The van der Waals surface area contributed by atoms with Crippen LogP contribution in [0, 0.1) is 0 Å². The van der Waals surface area contributed by atoms with E-state index in [1.54, 1.807) is 42.6 Å². The molecule has 5 nitrogen and oxygen atoms in total. The molecule has 2 rings (SSSR count). The molecule has 0 aliphatic carbocycles. The van der Waals surface area contributed by atoms with Gasteiger partial charge in [0.15, 0.2) is 0 Å². The second kappa shape index (κ2) is 27.7. The molecule has 0 saturated heterocycles. The zero-order valence-corrected chi connectivity index (χ0v) is 30.6. The number of nitrogens with zero attached hydrogens (tertiary/aromatic N) is 1. The van der Waals surface area contributed by atoms with E-state index >= 15 is 0 Å². The van der Waals surface area contributed by atoms with Gasteiger partial charge in [-0.05, 0) is 60.5 Å². The molecule has 2 aromatic carbocycles. The largest absolute Gasteiger partial charge is 0.508 e. The van der Waals surface area contributed by atoms with E-state index in [2.05, 4.69) is 11.9 Å². The Balaban J connectivity index is 1.31. The van der Waals surface area contributed by atoms with Crippen molar-refractivity contribution in [3.05, 3.63) is 54.1 Å². The second-order valence-corrected chi connectivity index (χ2v) is 15.1. The van der Waals surface area contributed by atoms with Gasteiger partial charge in [0, 0.05) is 6.21 Å². The first-order valence-electron chi connectivity index (χ1n) is 19.3. The Morgan fingerprint density at radius 1 is 0.532 bits per heavy atom. The summed E-state index contributed by atoms with van der Waals surface area (Å²) in [5, 5.41) is 9.36. The van der Waals surface area contributed by atoms with Crippen molar-refractivity contribution in [2.45, 2.75) is 179 Å². The Labute approximate surface area is 289 Å². The van der Waals surface area contributed by atoms with Gasteiger partial charge in [0.25, 0.3) is 10.1 Å². The van der Waals surface area contributed by atoms with Crippen LogP contribution in [0.25, 0.3) is 0 Å². The zero-order valence-electron chi connectivity index (χ0n) is 29.8. The molecular weight excluding hydrogens is 603 g/mol. The number of hydrogen-bond acceptors (Lipinski definition) is 5. The summed E-state index contributed by atoms with van der Waals surface area (Å²) < 4.78 is 30.3. The summed E-state index contributed by atoms with van der Waals surface area (Å²) in [5.41, 5.74) is 1.49. The van der Waals surface area contributed by atoms with Crippen molar-refractivity contribution < 1.29 is 17.7 Å². The number of aliphatic imine (C=N–C) groups is 1. The summed E-state index contributed by atoms with van der Waals surface area (Å²) in [7, 11) is -3.76. The highest BCUT2D eigenvalue weighted by atomic mass is 32.2. The van der Waals surface area contributed by atoms with Crippen molar-refractivity contribution in [3.8, 4) is 5.75 Å². The molecule has 0 radical (unpaired) electrons. The van der Waals surface area contributed by atoms with Gasteiger partial charge in [-0.1, -0.05) is 167 Å². The highest BCUT2D eigenvalue weighted by molar-refractivity contribution is 7.86. The van der Waals surface area contributed by atoms with E-state index in [0.717, 1.165) is 24.8 Å². The van der Waals surface area contributed by atoms with E-state index < -0.39 is 10.1 Å². The standard InChI is InChI=1S/C41H67NO4S/c1-2-3-4-5-6-7-8-9-10-11-12-13-14-15-16-17-18-19-20-21-22-23-24-25-26-27-36-46-47(44,45)41-34-30-39(31-35-41)42-37-38-28-32-40(43)33-29-38/h28-35,37,43H,2-27,36H2,1H3. The van der Waals surface area contributed by atoms with Crippen LogP contribution < -0.4 is 0 Å². The van der Waals surface area contributed by atoms with Gasteiger partial charge in [-0.3, -0.25) is 9.18 Å². The monoisotopic (exact) mass is 669 g/mol. The molecule has 0 saturated carbocycles. The maximum Gasteiger partial charge on any atom is 0.296 e. The highest BCUT2D eigenvalue weighted by Crippen LogP contribution is 2.20. The van der Waals surface area contributed by atoms with Crippen molar-refractivity contribution in [2.24, 2.45) is 4.99 Å². The Morgan fingerprint density at radius 3 is 1.28 bits per heavy atom. The molecule has 0 atom stereocenters. The van der Waals surface area contributed by atoms with Gasteiger partial charge in [-0.2, -0.15) is 8.42 Å². The molecule has 2 aromatic rings. The highest BCUT2D eigenvalue weighted by Gasteiger charge is 2.14. The maximum atomic E-state index is 12.5. The first-order valence-corrected chi connectivity index (χ1v) is 20.7. The Kier molecular flexibility index (Phi) is 24.2. The quantitative estimate of drug-likeness (QED) is 0.0492. The number of phenols is 1. The maximum absolute atomic E-state index is 12.5. The first-order chi connectivity index (χ1) is 23.0. The van der Waals surface area contributed by atoms with Crippen molar-refractivity contribution in [2.75, 3.05) is 6.61 Å². The molecule has 0 fully saturated rings. The van der Waals surface area contributed by atoms with Crippen molar-refractivity contribution in [1.29, 1.82) is 0 Å². The van der Waals surface area contributed by atoms with Crippen LogP contribution in [0.5, 0.6) is 5.75 Å². The molecule has 0 unspecified atom stereocenters. The minimum atomic E-state index is -3.76. The van der Waals surface area contributed by atoms with Gasteiger partial charge >= 0.3 is 0 Å². The van der Waals surface area contributed by atoms with Gasteiger partial charge in [0.2, 0.25) is 0 Å². The second-order valence-electron chi connectivity index (χ2n) is 13.5. The van der Waals surface area contributed by atoms with Crippen LogP contribution in [0.3, 0.4) is 0 Å². The molecule has 0 amide bonds. The number of aromatic hydroxyl groups is 1. The van der Waals surface area contributed by atoms with Crippen molar-refractivity contribution in [1.82, 2.24) is 0 Å². The van der Waals surface area contributed by atoms with E-state index in [1.807, 2.05) is 0 Å². The average molecular weight is 670 g/mol. The fourth-order valence-corrected chi connectivity index (χ4v) is 7.01. The summed E-state index contributed by atoms with van der Waals surface area (Å²) in [6.45, 7) is 2.52. The van der Waals surface area contributed by atoms with Crippen LogP contribution >= 0.6 is 0 Å². The lowest BCUT2D eigenvalue weighted by Gasteiger charge is -2.06. The summed E-state index contributed by atoms with van der Waals surface area (Å²) in [6, 6.07) is 13.1. The predicted octanol–water partition coefficient (Wildman–Crippen LogP) is 13.0. The molecule has 6 heteroatoms. The van der Waals surface area contributed by atoms with Crippen LogP contribution in [-0.2, 0) is 14.3 Å². The van der Waals surface area contributed by atoms with E-state index in [4.69, 9.17) is 4.18 Å². The third-order valence-electron chi connectivity index (χ3n) is 9.12. The van der Waals surface area contributed by atoms with E-state index in [1.165, 1.54) is 160 Å². The molecule has 0 aliphatic rings. The van der Waals surface area contributed by atoms with Gasteiger partial charge in [-0.25, -0.2) is 0 Å². The lowest BCUT2D eigenvalue weighted by atomic mass is 10.0. The molecule has 47 heavy (non-hydrogen) atoms. The number of unbranched alkanes of at least 4 members (excludes halogenated alkanes) is 25. The number of rotatable bonds is 31. The van der Waals surface area contributed by atoms with Crippen LogP contribution in [0.1, 0.15) is 179 Å². The zero-order chi connectivity index (χ0) is 33.7. The first kappa shape index (κ1) is 41.0. The van der Waals surface area contributed by atoms with E-state index in [9.17, 15) is 13.5 Å². The average Bonchev–Trinajstić information content (AvgIpc) is 3.08. The fourth-order valence-electron chi connectivity index (χ4n) is 6.06. The van der Waals surface area contributed by atoms with Gasteiger partial charge < -0.3 is 5.11 Å². The predicted molar refractivity (Wildman–Crippen MR) is 201 cm³/mol. The summed E-state index contributed by atoms with van der Waals surface area (Å²) in [6.07, 6.45) is 36.9. The topological polar surface area (TPSA) is 76.0 Å². The smallest absolute Gasteiger partial charge is 0.296 e. The summed E-state index contributed by atoms with van der Waals surface area (Å²) >= 11 is 0. The van der Waals surface area contributed by atoms with E-state index in [0.29, 0.717) is 5.69 Å². The molecule has 0 aromatic heterocycles. The van der Waals surface area contributed by atoms with Crippen LogP contribution in [-0.4, -0.2) is 26.3 Å².